The van der Waals surface area contributed by atoms with Gasteiger partial charge in [-0.1, -0.05) is 0 Å². The van der Waals surface area contributed by atoms with Crippen LogP contribution < -0.4 is 16.0 Å². The van der Waals surface area contributed by atoms with Gasteiger partial charge in [0.15, 0.2) is 0 Å². The number of carbonyl (C=O) groups excluding carboxylic acids is 3. The smallest absolute Gasteiger partial charge is 0.296 e. The molecule has 1 saturated heterocycles. The summed E-state index contributed by atoms with van der Waals surface area (Å²) < 4.78 is 0.767. The summed E-state index contributed by atoms with van der Waals surface area (Å²) in [4.78, 5) is 36.4. The predicted octanol–water partition coefficient (Wildman–Crippen LogP) is 1.29. The minimum absolute atomic E-state index is 0.0734. The number of nitrogens with zero attached hydrogens (tertiary/aromatic N) is 1. The lowest BCUT2D eigenvalue weighted by molar-refractivity contribution is -0.122. The molecule has 0 atom stereocenters. The molecule has 7 heteroatoms. The van der Waals surface area contributed by atoms with Gasteiger partial charge in [0.1, 0.15) is 0 Å². The Bertz CT molecular complexity index is 651. The van der Waals surface area contributed by atoms with Gasteiger partial charge in [0.05, 0.1) is 16.9 Å². The molecule has 3 rings (SSSR count). The van der Waals surface area contributed by atoms with Crippen LogP contribution in [0, 0.1) is 5.92 Å². The molecule has 0 radical (unpaired) electrons. The molecule has 21 heavy (non-hydrogen) atoms. The van der Waals surface area contributed by atoms with Crippen molar-refractivity contribution in [1.82, 2.24) is 0 Å². The van der Waals surface area contributed by atoms with Crippen LogP contribution in [0.2, 0.25) is 0 Å². The molecule has 1 aromatic carbocycles. The van der Waals surface area contributed by atoms with Crippen LogP contribution in [-0.2, 0) is 9.59 Å². The average Bonchev–Trinajstić information content (AvgIpc) is 2.73. The molecule has 0 bridgehead atoms. The fourth-order valence-electron chi connectivity index (χ4n) is 2.80. The zero-order valence-corrected chi connectivity index (χ0v) is 12.8. The Hall–Kier alpha value is -1.89. The number of rotatable bonds is 2. The van der Waals surface area contributed by atoms with Gasteiger partial charge < -0.3 is 16.0 Å². The fraction of sp³-hybridized carbons (Fsp3) is 0.357. The van der Waals surface area contributed by atoms with Crippen molar-refractivity contribution in [2.24, 2.45) is 11.7 Å². The van der Waals surface area contributed by atoms with Crippen molar-refractivity contribution in [2.75, 3.05) is 23.3 Å². The Morgan fingerprint density at radius 2 is 1.95 bits per heavy atom. The number of ketones is 1. The number of fused-ring (bicyclic) bond motifs is 1. The molecule has 110 valence electrons. The van der Waals surface area contributed by atoms with Crippen LogP contribution in [0.1, 0.15) is 23.2 Å². The Kier molecular flexibility index (Phi) is 3.44. The Labute approximate surface area is 129 Å². The average molecular weight is 352 g/mol. The summed E-state index contributed by atoms with van der Waals surface area (Å²) in [7, 11) is 0. The lowest BCUT2D eigenvalue weighted by Crippen LogP contribution is -2.38. The Balaban J connectivity index is 1.85. The van der Waals surface area contributed by atoms with Crippen LogP contribution in [-0.4, -0.2) is 30.7 Å². The van der Waals surface area contributed by atoms with Crippen molar-refractivity contribution < 1.29 is 14.4 Å². The minimum atomic E-state index is -0.596. The summed E-state index contributed by atoms with van der Waals surface area (Å²) in [5, 5.41) is 2.57. The van der Waals surface area contributed by atoms with E-state index in [2.05, 4.69) is 26.1 Å². The van der Waals surface area contributed by atoms with E-state index in [4.69, 9.17) is 5.73 Å². The van der Waals surface area contributed by atoms with Crippen molar-refractivity contribution in [3.05, 3.63) is 22.2 Å². The molecule has 2 amide bonds. The van der Waals surface area contributed by atoms with E-state index in [0.717, 1.165) is 10.2 Å². The molecule has 2 aliphatic heterocycles. The standard InChI is InChI=1S/C14H14BrN3O3/c15-9-5-8-10(17-14(21)12(8)19)6-11(9)18-3-1-7(2-4-18)13(16)20/h5-7H,1-4H2,(H2,16,20)(H,17,19,21). The highest BCUT2D eigenvalue weighted by Gasteiger charge is 2.31. The third-order valence-electron chi connectivity index (χ3n) is 4.02. The Morgan fingerprint density at radius 1 is 1.29 bits per heavy atom. The second-order valence-corrected chi connectivity index (χ2v) is 6.15. The van der Waals surface area contributed by atoms with E-state index in [0.29, 0.717) is 37.2 Å². The molecule has 3 N–H and O–H groups in total. The van der Waals surface area contributed by atoms with E-state index in [1.54, 1.807) is 12.1 Å². The maximum absolute atomic E-state index is 11.7. The van der Waals surface area contributed by atoms with E-state index in [1.165, 1.54) is 0 Å². The second kappa shape index (κ2) is 5.14. The van der Waals surface area contributed by atoms with Gasteiger partial charge in [-0.25, -0.2) is 0 Å². The van der Waals surface area contributed by atoms with Gasteiger partial charge in [-0.15, -0.1) is 0 Å². The van der Waals surface area contributed by atoms with Crippen LogP contribution in [0.15, 0.2) is 16.6 Å². The quantitative estimate of drug-likeness (QED) is 0.785. The molecule has 6 nitrogen and oxygen atoms in total. The van der Waals surface area contributed by atoms with Crippen LogP contribution >= 0.6 is 15.9 Å². The normalized spacial score (nSPS) is 18.6. The van der Waals surface area contributed by atoms with Gasteiger partial charge in [-0.3, -0.25) is 14.4 Å². The van der Waals surface area contributed by atoms with E-state index >= 15 is 0 Å². The first kappa shape index (κ1) is 14.1. The lowest BCUT2D eigenvalue weighted by atomic mass is 9.96. The molecule has 0 spiro atoms. The van der Waals surface area contributed by atoms with E-state index in [-0.39, 0.29) is 11.8 Å². The molecule has 2 aliphatic rings. The van der Waals surface area contributed by atoms with Crippen LogP contribution in [0.3, 0.4) is 0 Å². The van der Waals surface area contributed by atoms with Gasteiger partial charge in [0.2, 0.25) is 5.91 Å². The zero-order chi connectivity index (χ0) is 15.1. The van der Waals surface area contributed by atoms with Crippen molar-refractivity contribution in [3.63, 3.8) is 0 Å². The highest BCUT2D eigenvalue weighted by Crippen LogP contribution is 2.36. The molecule has 0 saturated carbocycles. The van der Waals surface area contributed by atoms with Crippen molar-refractivity contribution in [1.29, 1.82) is 0 Å². The summed E-state index contributed by atoms with van der Waals surface area (Å²) >= 11 is 3.45. The summed E-state index contributed by atoms with van der Waals surface area (Å²) in [5.74, 6) is -1.43. The monoisotopic (exact) mass is 351 g/mol. The molecule has 0 aliphatic carbocycles. The molecule has 1 aromatic rings. The van der Waals surface area contributed by atoms with Gasteiger partial charge >= 0.3 is 0 Å². The van der Waals surface area contributed by atoms with Crippen molar-refractivity contribution in [3.8, 4) is 0 Å². The fourth-order valence-corrected chi connectivity index (χ4v) is 3.40. The molecule has 0 aromatic heterocycles. The number of benzene rings is 1. The highest BCUT2D eigenvalue weighted by atomic mass is 79.9. The first-order valence-electron chi connectivity index (χ1n) is 6.71. The number of piperidine rings is 1. The van der Waals surface area contributed by atoms with E-state index in [1.807, 2.05) is 0 Å². The van der Waals surface area contributed by atoms with Gasteiger partial charge in [-0.05, 0) is 40.9 Å². The third kappa shape index (κ3) is 2.42. The maximum atomic E-state index is 11.7. The zero-order valence-electron chi connectivity index (χ0n) is 11.2. The number of Topliss-reactive ketones (excluding diaryl/α,β-unsaturated/α-hetero) is 1. The van der Waals surface area contributed by atoms with Crippen LogP contribution in [0.4, 0.5) is 11.4 Å². The summed E-state index contributed by atoms with van der Waals surface area (Å²) in [5.41, 5.74) is 7.18. The Morgan fingerprint density at radius 3 is 2.57 bits per heavy atom. The van der Waals surface area contributed by atoms with Crippen LogP contribution in [0.5, 0.6) is 0 Å². The third-order valence-corrected chi connectivity index (χ3v) is 4.66. The second-order valence-electron chi connectivity index (χ2n) is 5.30. The summed E-state index contributed by atoms with van der Waals surface area (Å²) in [6.07, 6.45) is 1.42. The molecule has 2 heterocycles. The minimum Gasteiger partial charge on any atom is -0.371 e. The number of anilines is 2. The number of primary amides is 1. The number of carbonyl (C=O) groups is 3. The molecule has 0 unspecified atom stereocenters. The number of hydrogen-bond acceptors (Lipinski definition) is 4. The first-order valence-corrected chi connectivity index (χ1v) is 7.50. The summed E-state index contributed by atoms with van der Waals surface area (Å²) in [6.45, 7) is 1.43. The number of nitrogens with one attached hydrogen (secondary N) is 1. The SMILES string of the molecule is NC(=O)C1CCN(c2cc3c(cc2Br)C(=O)C(=O)N3)CC1. The van der Waals surface area contributed by atoms with Gasteiger partial charge in [-0.2, -0.15) is 0 Å². The van der Waals surface area contributed by atoms with E-state index in [9.17, 15) is 14.4 Å². The molecular weight excluding hydrogens is 338 g/mol. The topological polar surface area (TPSA) is 92.5 Å². The van der Waals surface area contributed by atoms with Crippen LogP contribution in [0.25, 0.3) is 0 Å². The van der Waals surface area contributed by atoms with Crippen molar-refractivity contribution >= 4 is 44.9 Å². The first-order chi connectivity index (χ1) is 9.97. The molecular formula is C14H14BrN3O3. The number of amides is 2. The van der Waals surface area contributed by atoms with Gasteiger partial charge in [0, 0.05) is 23.5 Å². The van der Waals surface area contributed by atoms with Crippen molar-refractivity contribution in [2.45, 2.75) is 12.8 Å². The summed E-state index contributed by atoms with van der Waals surface area (Å²) in [6, 6.07) is 3.47. The highest BCUT2D eigenvalue weighted by molar-refractivity contribution is 9.10. The number of hydrogen-bond donors (Lipinski definition) is 2. The maximum Gasteiger partial charge on any atom is 0.296 e. The largest absolute Gasteiger partial charge is 0.371 e. The number of halogens is 1. The number of nitrogens with two attached hydrogens (primary N) is 1. The predicted molar refractivity (Wildman–Crippen MR) is 81.2 cm³/mol. The van der Waals surface area contributed by atoms with Gasteiger partial charge in [0.25, 0.3) is 11.7 Å². The molecule has 1 fully saturated rings. The van der Waals surface area contributed by atoms with E-state index < -0.39 is 11.7 Å². The lowest BCUT2D eigenvalue weighted by Gasteiger charge is -2.33.